The molecule has 2 atom stereocenters. The van der Waals surface area contributed by atoms with Gasteiger partial charge in [0.25, 0.3) is 0 Å². The Morgan fingerprint density at radius 3 is 2.58 bits per heavy atom. The lowest BCUT2D eigenvalue weighted by molar-refractivity contribution is -0.116. The molecule has 2 heterocycles. The summed E-state index contributed by atoms with van der Waals surface area (Å²) in [5.41, 5.74) is 6.85. The van der Waals surface area contributed by atoms with Gasteiger partial charge < -0.3 is 10.7 Å². The van der Waals surface area contributed by atoms with Crippen LogP contribution in [0.2, 0.25) is 5.02 Å². The van der Waals surface area contributed by atoms with Crippen molar-refractivity contribution in [1.29, 1.82) is 0 Å². The van der Waals surface area contributed by atoms with Gasteiger partial charge in [-0.3, -0.25) is 4.79 Å². The summed E-state index contributed by atoms with van der Waals surface area (Å²) in [5.74, 6) is -0.127. The first-order chi connectivity index (χ1) is 16.0. The van der Waals surface area contributed by atoms with E-state index in [0.29, 0.717) is 16.7 Å². The minimum Gasteiger partial charge on any atom is -0.325 e. The molecule has 1 aromatic heterocycles. The number of carbonyl (C=O) groups excluding carboxylic acids is 1. The molecule has 166 valence electrons. The van der Waals surface area contributed by atoms with Gasteiger partial charge in [0.1, 0.15) is 11.1 Å². The van der Waals surface area contributed by atoms with Gasteiger partial charge in [0.05, 0.1) is 11.1 Å². The van der Waals surface area contributed by atoms with Crippen molar-refractivity contribution < 1.29 is 9.18 Å². The number of anilines is 1. The molecule has 0 saturated carbocycles. The van der Waals surface area contributed by atoms with E-state index in [1.165, 1.54) is 30.0 Å². The van der Waals surface area contributed by atoms with E-state index in [0.717, 1.165) is 16.7 Å². The maximum absolute atomic E-state index is 13.5. The second-order valence-corrected chi connectivity index (χ2v) is 9.20. The van der Waals surface area contributed by atoms with Crippen LogP contribution >= 0.6 is 23.4 Å². The predicted molar refractivity (Wildman–Crippen MR) is 128 cm³/mol. The third-order valence-electron chi connectivity index (χ3n) is 5.35. The quantitative estimate of drug-likeness (QED) is 0.407. The number of aromatic nitrogens is 3. The Bertz CT molecular complexity index is 1310. The maximum Gasteiger partial charge on any atom is 0.240 e. The summed E-state index contributed by atoms with van der Waals surface area (Å²) in [4.78, 5) is 13.3. The summed E-state index contributed by atoms with van der Waals surface area (Å²) < 4.78 is 15.4. The van der Waals surface area contributed by atoms with Crippen LogP contribution in [0, 0.1) is 12.7 Å². The highest BCUT2D eigenvalue weighted by molar-refractivity contribution is 8.00. The van der Waals surface area contributed by atoms with E-state index >= 15 is 0 Å². The third-order valence-corrected chi connectivity index (χ3v) is 6.86. The van der Waals surface area contributed by atoms with Crippen LogP contribution in [-0.4, -0.2) is 26.0 Å². The van der Waals surface area contributed by atoms with Crippen molar-refractivity contribution in [2.24, 2.45) is 0 Å². The molecule has 0 saturated heterocycles. The Labute approximate surface area is 199 Å². The molecule has 0 bridgehead atoms. The molecule has 9 heteroatoms. The first-order valence-corrected chi connectivity index (χ1v) is 11.5. The lowest BCUT2D eigenvalue weighted by Crippen LogP contribution is -2.41. The minimum absolute atomic E-state index is 0.0513. The standard InChI is InChI=1S/C24H19ClFN5OS/c1-14-7-9-15(10-8-14)20-21(23(32)27-17-11-12-19(26)18(25)13-17)33-24-29-28-22(31(24)30-20)16-5-3-2-4-6-16/h2-13,20-21,30H,1H3,(H,27,32)/t20-,21+/m0/s1. The third kappa shape index (κ3) is 4.31. The number of carbonyl (C=O) groups is 1. The number of hydrogen-bond donors (Lipinski definition) is 2. The fraction of sp³-hybridized carbons (Fsp3) is 0.125. The molecule has 0 aliphatic carbocycles. The van der Waals surface area contributed by atoms with Crippen LogP contribution in [0.1, 0.15) is 17.2 Å². The van der Waals surface area contributed by atoms with E-state index in [1.54, 1.807) is 0 Å². The Hall–Kier alpha value is -3.36. The minimum atomic E-state index is -0.558. The maximum atomic E-state index is 13.5. The molecule has 2 N–H and O–H groups in total. The summed E-state index contributed by atoms with van der Waals surface area (Å²) in [6.45, 7) is 2.01. The summed E-state index contributed by atoms with van der Waals surface area (Å²) >= 11 is 7.21. The van der Waals surface area contributed by atoms with Crippen LogP contribution in [0.4, 0.5) is 10.1 Å². The molecule has 5 rings (SSSR count). The van der Waals surface area contributed by atoms with Gasteiger partial charge in [-0.2, -0.15) is 0 Å². The van der Waals surface area contributed by atoms with E-state index < -0.39 is 11.1 Å². The number of hydrogen-bond acceptors (Lipinski definition) is 5. The van der Waals surface area contributed by atoms with Gasteiger partial charge in [-0.25, -0.2) is 9.07 Å². The van der Waals surface area contributed by atoms with Crippen LogP contribution in [0.25, 0.3) is 11.4 Å². The lowest BCUT2D eigenvalue weighted by Gasteiger charge is -2.33. The van der Waals surface area contributed by atoms with Crippen molar-refractivity contribution in [2.45, 2.75) is 23.4 Å². The van der Waals surface area contributed by atoms with Gasteiger partial charge >= 0.3 is 0 Å². The molecule has 3 aromatic carbocycles. The molecule has 1 amide bonds. The zero-order chi connectivity index (χ0) is 22.9. The second kappa shape index (κ2) is 8.88. The molecule has 4 aromatic rings. The van der Waals surface area contributed by atoms with Crippen LogP contribution < -0.4 is 10.7 Å². The van der Waals surface area contributed by atoms with Gasteiger partial charge in [-0.1, -0.05) is 83.5 Å². The largest absolute Gasteiger partial charge is 0.325 e. The summed E-state index contributed by atoms with van der Waals surface area (Å²) in [7, 11) is 0. The topological polar surface area (TPSA) is 71.8 Å². The van der Waals surface area contributed by atoms with Crippen molar-refractivity contribution in [1.82, 2.24) is 14.9 Å². The molecular weight excluding hydrogens is 461 g/mol. The Morgan fingerprint density at radius 1 is 1.09 bits per heavy atom. The molecule has 1 aliphatic rings. The smallest absolute Gasteiger partial charge is 0.240 e. The highest BCUT2D eigenvalue weighted by atomic mass is 35.5. The summed E-state index contributed by atoms with van der Waals surface area (Å²) in [6.07, 6.45) is 0. The highest BCUT2D eigenvalue weighted by Gasteiger charge is 2.38. The van der Waals surface area contributed by atoms with E-state index in [2.05, 4.69) is 20.9 Å². The zero-order valence-corrected chi connectivity index (χ0v) is 19.1. The average molecular weight is 480 g/mol. The van der Waals surface area contributed by atoms with Crippen molar-refractivity contribution in [3.8, 4) is 11.4 Å². The van der Waals surface area contributed by atoms with E-state index in [9.17, 15) is 9.18 Å². The van der Waals surface area contributed by atoms with Gasteiger partial charge in [0.2, 0.25) is 11.1 Å². The number of amides is 1. The van der Waals surface area contributed by atoms with Crippen molar-refractivity contribution in [2.75, 3.05) is 10.7 Å². The van der Waals surface area contributed by atoms with Crippen molar-refractivity contribution in [3.63, 3.8) is 0 Å². The van der Waals surface area contributed by atoms with Crippen LogP contribution in [0.3, 0.4) is 0 Å². The SMILES string of the molecule is Cc1ccc([C@@H]2Nn3c(nnc3-c3ccccc3)S[C@H]2C(=O)Nc2ccc(F)c(Cl)c2)cc1. The number of benzene rings is 3. The first-order valence-electron chi connectivity index (χ1n) is 10.3. The van der Waals surface area contributed by atoms with Crippen molar-refractivity contribution in [3.05, 3.63) is 94.8 Å². The van der Waals surface area contributed by atoms with E-state index in [-0.39, 0.29) is 17.0 Å². The molecule has 0 fully saturated rings. The first kappa shape index (κ1) is 21.5. The number of halogens is 2. The van der Waals surface area contributed by atoms with E-state index in [4.69, 9.17) is 11.6 Å². The van der Waals surface area contributed by atoms with Crippen LogP contribution in [0.15, 0.2) is 78.0 Å². The highest BCUT2D eigenvalue weighted by Crippen LogP contribution is 2.39. The van der Waals surface area contributed by atoms with Gasteiger partial charge in [0, 0.05) is 11.3 Å². The lowest BCUT2D eigenvalue weighted by atomic mass is 10.0. The number of aryl methyl sites for hydroxylation is 1. The molecule has 0 radical (unpaired) electrons. The van der Waals surface area contributed by atoms with Crippen LogP contribution in [0.5, 0.6) is 0 Å². The monoisotopic (exact) mass is 479 g/mol. The number of nitrogens with zero attached hydrogens (tertiary/aromatic N) is 3. The fourth-order valence-corrected chi connectivity index (χ4v) is 4.90. The Kier molecular flexibility index (Phi) is 5.78. The molecule has 33 heavy (non-hydrogen) atoms. The van der Waals surface area contributed by atoms with Crippen LogP contribution in [-0.2, 0) is 4.79 Å². The van der Waals surface area contributed by atoms with Gasteiger partial charge in [-0.05, 0) is 30.7 Å². The second-order valence-electron chi connectivity index (χ2n) is 7.68. The molecule has 1 aliphatic heterocycles. The fourth-order valence-electron chi connectivity index (χ4n) is 3.64. The molecule has 0 unspecified atom stereocenters. The molecule has 6 nitrogen and oxygen atoms in total. The normalized spacial score (nSPS) is 17.2. The average Bonchev–Trinajstić information content (AvgIpc) is 3.25. The summed E-state index contributed by atoms with van der Waals surface area (Å²) in [5, 5.41) is 11.5. The Balaban J connectivity index is 1.50. The Morgan fingerprint density at radius 2 is 1.85 bits per heavy atom. The van der Waals surface area contributed by atoms with E-state index in [1.807, 2.05) is 66.2 Å². The predicted octanol–water partition coefficient (Wildman–Crippen LogP) is 5.44. The zero-order valence-electron chi connectivity index (χ0n) is 17.5. The molecular formula is C24H19ClFN5OS. The van der Waals surface area contributed by atoms with Crippen molar-refractivity contribution >= 4 is 35.0 Å². The molecule has 0 spiro atoms. The number of thioether (sulfide) groups is 1. The number of fused-ring (bicyclic) bond motifs is 1. The van der Waals surface area contributed by atoms with Gasteiger partial charge in [-0.15, -0.1) is 10.2 Å². The van der Waals surface area contributed by atoms with Gasteiger partial charge in [0.15, 0.2) is 5.82 Å². The number of rotatable bonds is 4. The summed E-state index contributed by atoms with van der Waals surface area (Å²) in [6, 6.07) is 21.5. The number of nitrogens with one attached hydrogen (secondary N) is 2.